The van der Waals surface area contributed by atoms with Gasteiger partial charge in [0, 0.05) is 12.3 Å². The Morgan fingerprint density at radius 3 is 1.58 bits per heavy atom. The molecule has 2 atom stereocenters. The Bertz CT molecular complexity index is 1860. The largest absolute Gasteiger partial charge is 0.475 e. The zero-order chi connectivity index (χ0) is 37.4. The first-order chi connectivity index (χ1) is 25.7. The monoisotopic (exact) mass is 708 g/mol. The molecular weight excluding hydrogens is 663 g/mol. The van der Waals surface area contributed by atoms with Gasteiger partial charge in [-0.05, 0) is 51.3 Å². The minimum Gasteiger partial charge on any atom is -0.465 e. The van der Waals surface area contributed by atoms with Crippen molar-refractivity contribution in [2.45, 2.75) is 50.5 Å². The van der Waals surface area contributed by atoms with Crippen LogP contribution in [-0.2, 0) is 24.7 Å². The summed E-state index contributed by atoms with van der Waals surface area (Å²) in [6.07, 6.45) is -0.465. The summed E-state index contributed by atoms with van der Waals surface area (Å²) < 4.78 is 5.88. The third kappa shape index (κ3) is 8.43. The van der Waals surface area contributed by atoms with E-state index in [1.54, 1.807) is 0 Å². The van der Waals surface area contributed by atoms with Crippen LogP contribution in [0.25, 0.3) is 11.1 Å². The molecule has 5 aromatic rings. The Labute approximate surface area is 311 Å². The summed E-state index contributed by atoms with van der Waals surface area (Å²) in [5.74, 6) is -4.05. The third-order valence-corrected chi connectivity index (χ3v) is 9.95. The van der Waals surface area contributed by atoms with Crippen molar-refractivity contribution in [3.63, 3.8) is 0 Å². The smallest absolute Gasteiger partial charge is 0.465 e. The summed E-state index contributed by atoms with van der Waals surface area (Å²) in [4.78, 5) is 42.0. The highest BCUT2D eigenvalue weighted by molar-refractivity contribution is 6.43. The molecule has 0 aliphatic heterocycles. The lowest BCUT2D eigenvalue weighted by Crippen LogP contribution is -2.51. The molecule has 0 spiro atoms. The molecule has 1 unspecified atom stereocenters. The normalized spacial score (nSPS) is 13.4. The number of carbonyl (C=O) groups excluding carboxylic acids is 3. The maximum Gasteiger partial charge on any atom is 0.475 e. The van der Waals surface area contributed by atoms with Crippen molar-refractivity contribution in [1.82, 2.24) is 10.6 Å². The summed E-state index contributed by atoms with van der Waals surface area (Å²) in [5, 5.41) is 26.2. The molecule has 0 fully saturated rings. The first-order valence-electron chi connectivity index (χ1n) is 18.1. The van der Waals surface area contributed by atoms with Crippen LogP contribution in [0.5, 0.6) is 0 Å². The quantitative estimate of drug-likeness (QED) is 0.0568. The summed E-state index contributed by atoms with van der Waals surface area (Å²) in [5.41, 5.74) is 5.60. The molecular formula is C44H45BN2O6. The van der Waals surface area contributed by atoms with Gasteiger partial charge >= 0.3 is 13.1 Å². The summed E-state index contributed by atoms with van der Waals surface area (Å²) >= 11 is 0. The fourth-order valence-corrected chi connectivity index (χ4v) is 7.46. The van der Waals surface area contributed by atoms with Gasteiger partial charge in [-0.15, -0.1) is 0 Å². The lowest BCUT2D eigenvalue weighted by molar-refractivity contribution is -0.147. The van der Waals surface area contributed by atoms with Crippen molar-refractivity contribution in [2.75, 3.05) is 6.61 Å². The fraction of sp³-hybridized carbons (Fsp3) is 0.250. The SMILES string of the molecule is CC(C)C[C@H](NC(=O)C(CC(=O)NC(c1ccccc1)(c1ccccc1)c1ccccc1)CC(=O)OCC1c2ccccc2-c2ccccc21)B(O)O. The Morgan fingerprint density at radius 1 is 0.679 bits per heavy atom. The van der Waals surface area contributed by atoms with Gasteiger partial charge in [0.25, 0.3) is 0 Å². The lowest BCUT2D eigenvalue weighted by atomic mass is 9.74. The van der Waals surface area contributed by atoms with Gasteiger partial charge in [-0.25, -0.2) is 0 Å². The minimum atomic E-state index is -1.83. The Morgan fingerprint density at radius 2 is 1.13 bits per heavy atom. The van der Waals surface area contributed by atoms with E-state index < -0.39 is 42.3 Å². The standard InChI is InChI=1S/C44H45BN2O6/c1-30(2)26-40(45(51)52)46-43(50)31(28-42(49)53-29-39-37-24-14-12-22-35(37)36-23-13-15-25-38(36)39)27-41(48)47-44(32-16-6-3-7-17-32,33-18-8-4-9-19-33)34-20-10-5-11-21-34/h3-25,30-31,39-40,51-52H,26-29H2,1-2H3,(H,46,50)(H,47,48)/t31?,40-/m0/s1. The molecule has 1 aliphatic rings. The van der Waals surface area contributed by atoms with Gasteiger partial charge in [-0.2, -0.15) is 0 Å². The zero-order valence-electron chi connectivity index (χ0n) is 30.0. The number of hydrogen-bond acceptors (Lipinski definition) is 6. The van der Waals surface area contributed by atoms with E-state index in [2.05, 4.69) is 22.8 Å². The predicted octanol–water partition coefficient (Wildman–Crippen LogP) is 6.39. The average Bonchev–Trinajstić information content (AvgIpc) is 3.49. The molecule has 0 bridgehead atoms. The van der Waals surface area contributed by atoms with Gasteiger partial charge in [0.05, 0.1) is 18.3 Å². The van der Waals surface area contributed by atoms with Gasteiger partial charge in [-0.3, -0.25) is 14.4 Å². The van der Waals surface area contributed by atoms with Crippen LogP contribution in [0.1, 0.15) is 66.8 Å². The zero-order valence-corrected chi connectivity index (χ0v) is 30.0. The van der Waals surface area contributed by atoms with Crippen LogP contribution in [-0.4, -0.2) is 47.5 Å². The van der Waals surface area contributed by atoms with E-state index in [1.165, 1.54) is 0 Å². The Kier molecular flexibility index (Phi) is 11.9. The maximum atomic E-state index is 14.4. The first kappa shape index (κ1) is 37.3. The van der Waals surface area contributed by atoms with E-state index in [0.29, 0.717) is 0 Å². The van der Waals surface area contributed by atoms with Crippen LogP contribution in [0, 0.1) is 11.8 Å². The van der Waals surface area contributed by atoms with Gasteiger partial charge < -0.3 is 25.4 Å². The molecule has 0 radical (unpaired) electrons. The highest BCUT2D eigenvalue weighted by atomic mass is 16.5. The van der Waals surface area contributed by atoms with Crippen molar-refractivity contribution in [3.8, 4) is 11.1 Å². The van der Waals surface area contributed by atoms with Crippen LogP contribution >= 0.6 is 0 Å². The van der Waals surface area contributed by atoms with Gasteiger partial charge in [0.1, 0.15) is 12.1 Å². The first-order valence-corrected chi connectivity index (χ1v) is 18.1. The van der Waals surface area contributed by atoms with E-state index in [4.69, 9.17) is 4.74 Å². The number of amides is 2. The van der Waals surface area contributed by atoms with E-state index >= 15 is 0 Å². The van der Waals surface area contributed by atoms with Gasteiger partial charge in [0.15, 0.2) is 0 Å². The number of rotatable bonds is 15. The number of benzene rings is 5. The van der Waals surface area contributed by atoms with E-state index in [1.807, 2.05) is 141 Å². The van der Waals surface area contributed by atoms with E-state index in [9.17, 15) is 24.4 Å². The van der Waals surface area contributed by atoms with Crippen LogP contribution in [0.15, 0.2) is 140 Å². The molecule has 0 heterocycles. The third-order valence-electron chi connectivity index (χ3n) is 9.95. The number of ether oxygens (including phenoxy) is 1. The fourth-order valence-electron chi connectivity index (χ4n) is 7.46. The highest BCUT2D eigenvalue weighted by Crippen LogP contribution is 2.44. The number of fused-ring (bicyclic) bond motifs is 3. The van der Waals surface area contributed by atoms with Gasteiger partial charge in [0.2, 0.25) is 11.8 Å². The molecule has 9 heteroatoms. The minimum absolute atomic E-state index is 0.0363. The molecule has 0 aromatic heterocycles. The molecule has 4 N–H and O–H groups in total. The average molecular weight is 709 g/mol. The molecule has 2 amide bonds. The summed E-state index contributed by atoms with van der Waals surface area (Å²) in [6.45, 7) is 3.87. The number of carbonyl (C=O) groups is 3. The second-order valence-electron chi connectivity index (χ2n) is 14.1. The topological polar surface area (TPSA) is 125 Å². The number of nitrogens with one attached hydrogen (secondary N) is 2. The highest BCUT2D eigenvalue weighted by Gasteiger charge is 2.40. The second-order valence-corrected chi connectivity index (χ2v) is 14.1. The van der Waals surface area contributed by atoms with Crippen LogP contribution < -0.4 is 10.6 Å². The van der Waals surface area contributed by atoms with Crippen molar-refractivity contribution >= 4 is 24.9 Å². The number of esters is 1. The van der Waals surface area contributed by atoms with Crippen LogP contribution in [0.4, 0.5) is 0 Å². The Balaban J connectivity index is 1.28. The van der Waals surface area contributed by atoms with Crippen molar-refractivity contribution in [2.24, 2.45) is 11.8 Å². The molecule has 53 heavy (non-hydrogen) atoms. The van der Waals surface area contributed by atoms with Crippen LogP contribution in [0.3, 0.4) is 0 Å². The molecule has 1 aliphatic carbocycles. The van der Waals surface area contributed by atoms with Crippen molar-refractivity contribution in [1.29, 1.82) is 0 Å². The van der Waals surface area contributed by atoms with Gasteiger partial charge in [-0.1, -0.05) is 153 Å². The Hall–Kier alpha value is -5.51. The molecule has 270 valence electrons. The van der Waals surface area contributed by atoms with Crippen LogP contribution in [0.2, 0.25) is 0 Å². The van der Waals surface area contributed by atoms with Crippen molar-refractivity contribution in [3.05, 3.63) is 167 Å². The summed E-state index contributed by atoms with van der Waals surface area (Å²) in [6, 6.07) is 44.9. The maximum absolute atomic E-state index is 14.4. The molecule has 5 aromatic carbocycles. The van der Waals surface area contributed by atoms with E-state index in [0.717, 1.165) is 38.9 Å². The van der Waals surface area contributed by atoms with E-state index in [-0.39, 0.29) is 37.7 Å². The molecule has 8 nitrogen and oxygen atoms in total. The molecule has 0 saturated heterocycles. The molecule has 6 rings (SSSR count). The predicted molar refractivity (Wildman–Crippen MR) is 206 cm³/mol. The number of hydrogen-bond donors (Lipinski definition) is 4. The van der Waals surface area contributed by atoms with Crippen molar-refractivity contribution < 1.29 is 29.2 Å². The summed E-state index contributed by atoms with van der Waals surface area (Å²) in [7, 11) is -1.83. The lowest BCUT2D eigenvalue weighted by Gasteiger charge is -2.37. The second kappa shape index (κ2) is 16.9. The molecule has 0 saturated carbocycles.